The molecule has 6 nitrogen and oxygen atoms in total. The van der Waals surface area contributed by atoms with E-state index >= 15 is 0 Å². The van der Waals surface area contributed by atoms with Crippen molar-refractivity contribution in [1.29, 1.82) is 0 Å². The standard InChI is InChI=1S/C11H16N2O4S2/c1-3-17-10(14)9-6-18-11(12-9)13-4-5-19(15,16)7-8(13)2/h6,8H,3-5,7H2,1-2H3. The van der Waals surface area contributed by atoms with Crippen LogP contribution in [-0.4, -0.2) is 50.1 Å². The van der Waals surface area contributed by atoms with Crippen molar-refractivity contribution in [3.8, 4) is 0 Å². The highest BCUT2D eigenvalue weighted by Gasteiger charge is 2.30. The Hall–Kier alpha value is -1.15. The molecule has 1 fully saturated rings. The van der Waals surface area contributed by atoms with Gasteiger partial charge in [-0.3, -0.25) is 0 Å². The van der Waals surface area contributed by atoms with Gasteiger partial charge in [0.2, 0.25) is 0 Å². The van der Waals surface area contributed by atoms with Crippen molar-refractivity contribution in [3.05, 3.63) is 11.1 Å². The van der Waals surface area contributed by atoms with Gasteiger partial charge in [-0.1, -0.05) is 0 Å². The number of sulfone groups is 1. The first-order valence-electron chi connectivity index (χ1n) is 6.02. The van der Waals surface area contributed by atoms with Crippen molar-refractivity contribution in [3.63, 3.8) is 0 Å². The first-order chi connectivity index (χ1) is 8.93. The minimum atomic E-state index is -2.95. The molecule has 1 aliphatic rings. The summed E-state index contributed by atoms with van der Waals surface area (Å²) < 4.78 is 27.9. The van der Waals surface area contributed by atoms with Gasteiger partial charge in [-0.15, -0.1) is 11.3 Å². The van der Waals surface area contributed by atoms with Crippen LogP contribution in [0.1, 0.15) is 24.3 Å². The topological polar surface area (TPSA) is 76.6 Å². The van der Waals surface area contributed by atoms with Crippen molar-refractivity contribution >= 4 is 32.3 Å². The Morgan fingerprint density at radius 2 is 2.37 bits per heavy atom. The zero-order valence-electron chi connectivity index (χ0n) is 10.8. The molecule has 0 bridgehead atoms. The molecule has 2 rings (SSSR count). The Labute approximate surface area is 116 Å². The van der Waals surface area contributed by atoms with Crippen LogP contribution in [-0.2, 0) is 14.6 Å². The fourth-order valence-electron chi connectivity index (χ4n) is 1.98. The number of ether oxygens (including phenoxy) is 1. The van der Waals surface area contributed by atoms with E-state index in [-0.39, 0.29) is 23.2 Å². The second-order valence-electron chi connectivity index (χ2n) is 4.39. The minimum absolute atomic E-state index is 0.125. The molecule has 0 radical (unpaired) electrons. The van der Waals surface area contributed by atoms with Crippen LogP contribution in [0.4, 0.5) is 5.13 Å². The van der Waals surface area contributed by atoms with E-state index in [1.165, 1.54) is 11.3 Å². The molecular formula is C11H16N2O4S2. The van der Waals surface area contributed by atoms with Crippen molar-refractivity contribution in [2.75, 3.05) is 29.6 Å². The number of rotatable bonds is 3. The van der Waals surface area contributed by atoms with Gasteiger partial charge in [0.25, 0.3) is 0 Å². The molecule has 1 aliphatic heterocycles. The summed E-state index contributed by atoms with van der Waals surface area (Å²) in [5.74, 6) is -0.185. The molecule has 1 atom stereocenters. The SMILES string of the molecule is CCOC(=O)c1csc(N2CCS(=O)(=O)CC2C)n1. The number of carbonyl (C=O) groups excluding carboxylic acids is 1. The summed E-state index contributed by atoms with van der Waals surface area (Å²) in [5.41, 5.74) is 0.280. The second-order valence-corrected chi connectivity index (χ2v) is 7.46. The lowest BCUT2D eigenvalue weighted by Gasteiger charge is -2.32. The monoisotopic (exact) mass is 304 g/mol. The number of aromatic nitrogens is 1. The first-order valence-corrected chi connectivity index (χ1v) is 8.73. The van der Waals surface area contributed by atoms with Gasteiger partial charge in [-0.2, -0.15) is 0 Å². The predicted molar refractivity (Wildman–Crippen MR) is 73.5 cm³/mol. The maximum atomic E-state index is 11.5. The van der Waals surface area contributed by atoms with E-state index < -0.39 is 15.8 Å². The van der Waals surface area contributed by atoms with E-state index in [1.54, 1.807) is 12.3 Å². The highest BCUT2D eigenvalue weighted by atomic mass is 32.2. The molecule has 106 valence electrons. The van der Waals surface area contributed by atoms with Gasteiger partial charge in [-0.25, -0.2) is 18.2 Å². The summed E-state index contributed by atoms with van der Waals surface area (Å²) in [6.45, 7) is 4.31. The van der Waals surface area contributed by atoms with Crippen LogP contribution in [0.15, 0.2) is 5.38 Å². The molecule has 2 heterocycles. The van der Waals surface area contributed by atoms with Gasteiger partial charge in [0.1, 0.15) is 0 Å². The van der Waals surface area contributed by atoms with Crippen LogP contribution in [0, 0.1) is 0 Å². The minimum Gasteiger partial charge on any atom is -0.461 e. The summed E-state index contributed by atoms with van der Waals surface area (Å²) in [5, 5.41) is 2.31. The van der Waals surface area contributed by atoms with Crippen LogP contribution in [0.5, 0.6) is 0 Å². The Bertz CT molecular complexity index is 567. The highest BCUT2D eigenvalue weighted by molar-refractivity contribution is 7.91. The Kier molecular flexibility index (Phi) is 4.10. The molecular weight excluding hydrogens is 288 g/mol. The number of anilines is 1. The summed E-state index contributed by atoms with van der Waals surface area (Å²) in [6, 6.07) is -0.125. The first kappa shape index (κ1) is 14.3. The van der Waals surface area contributed by atoms with E-state index in [0.717, 1.165) is 0 Å². The zero-order valence-corrected chi connectivity index (χ0v) is 12.5. The second kappa shape index (κ2) is 5.46. The normalized spacial score (nSPS) is 22.2. The van der Waals surface area contributed by atoms with Crippen LogP contribution in [0.25, 0.3) is 0 Å². The van der Waals surface area contributed by atoms with Gasteiger partial charge >= 0.3 is 5.97 Å². The van der Waals surface area contributed by atoms with Gasteiger partial charge in [0.15, 0.2) is 20.7 Å². The summed E-state index contributed by atoms with van der Waals surface area (Å²) in [6.07, 6.45) is 0. The maximum Gasteiger partial charge on any atom is 0.357 e. The lowest BCUT2D eigenvalue weighted by atomic mass is 10.3. The molecule has 1 unspecified atom stereocenters. The molecule has 0 aliphatic carbocycles. The molecule has 19 heavy (non-hydrogen) atoms. The lowest BCUT2D eigenvalue weighted by Crippen LogP contribution is -2.47. The number of hydrogen-bond donors (Lipinski definition) is 0. The van der Waals surface area contributed by atoms with Gasteiger partial charge in [-0.05, 0) is 13.8 Å². The molecule has 0 spiro atoms. The van der Waals surface area contributed by atoms with Crippen molar-refractivity contribution in [1.82, 2.24) is 4.98 Å². The average molecular weight is 304 g/mol. The Morgan fingerprint density at radius 3 is 3.00 bits per heavy atom. The largest absolute Gasteiger partial charge is 0.461 e. The van der Waals surface area contributed by atoms with Crippen LogP contribution in [0.3, 0.4) is 0 Å². The zero-order chi connectivity index (χ0) is 14.0. The quantitative estimate of drug-likeness (QED) is 0.774. The number of nitrogens with zero attached hydrogens (tertiary/aromatic N) is 2. The molecule has 0 aromatic carbocycles. The smallest absolute Gasteiger partial charge is 0.357 e. The fourth-order valence-corrected chi connectivity index (χ4v) is 4.46. The van der Waals surface area contributed by atoms with Crippen molar-refractivity contribution in [2.45, 2.75) is 19.9 Å². The van der Waals surface area contributed by atoms with E-state index in [0.29, 0.717) is 18.3 Å². The number of hydrogen-bond acceptors (Lipinski definition) is 7. The lowest BCUT2D eigenvalue weighted by molar-refractivity contribution is 0.0520. The highest BCUT2D eigenvalue weighted by Crippen LogP contribution is 2.25. The molecule has 1 aromatic rings. The summed E-state index contributed by atoms with van der Waals surface area (Å²) in [7, 11) is -2.95. The molecule has 1 saturated heterocycles. The Balaban J connectivity index is 2.13. The summed E-state index contributed by atoms with van der Waals surface area (Å²) in [4.78, 5) is 17.7. The third-order valence-electron chi connectivity index (χ3n) is 2.89. The summed E-state index contributed by atoms with van der Waals surface area (Å²) >= 11 is 1.33. The van der Waals surface area contributed by atoms with Gasteiger partial charge in [0.05, 0.1) is 18.1 Å². The van der Waals surface area contributed by atoms with Crippen molar-refractivity contribution in [2.24, 2.45) is 0 Å². The fraction of sp³-hybridized carbons (Fsp3) is 0.636. The maximum absolute atomic E-state index is 11.5. The predicted octanol–water partition coefficient (Wildman–Crippen LogP) is 0.943. The van der Waals surface area contributed by atoms with Crippen LogP contribution in [0.2, 0.25) is 0 Å². The van der Waals surface area contributed by atoms with Crippen LogP contribution >= 0.6 is 11.3 Å². The van der Waals surface area contributed by atoms with Gasteiger partial charge in [0, 0.05) is 18.0 Å². The number of carbonyl (C=O) groups is 1. The van der Waals surface area contributed by atoms with E-state index in [9.17, 15) is 13.2 Å². The number of esters is 1. The van der Waals surface area contributed by atoms with E-state index in [2.05, 4.69) is 4.98 Å². The van der Waals surface area contributed by atoms with Gasteiger partial charge < -0.3 is 9.64 Å². The van der Waals surface area contributed by atoms with E-state index in [1.807, 2.05) is 11.8 Å². The molecule has 0 saturated carbocycles. The van der Waals surface area contributed by atoms with Crippen LogP contribution < -0.4 is 4.90 Å². The Morgan fingerprint density at radius 1 is 1.63 bits per heavy atom. The third kappa shape index (κ3) is 3.24. The average Bonchev–Trinajstić information content (AvgIpc) is 2.77. The molecule has 0 N–H and O–H groups in total. The molecule has 8 heteroatoms. The molecule has 0 amide bonds. The van der Waals surface area contributed by atoms with E-state index in [4.69, 9.17) is 4.74 Å². The molecule has 1 aromatic heterocycles. The number of thiazole rings is 1. The van der Waals surface area contributed by atoms with Crippen molar-refractivity contribution < 1.29 is 17.9 Å². The third-order valence-corrected chi connectivity index (χ3v) is 5.57.